The van der Waals surface area contributed by atoms with Crippen molar-refractivity contribution < 1.29 is 43.1 Å². The number of aliphatic hydroxyl groups excluding tert-OH is 1. The van der Waals surface area contributed by atoms with Gasteiger partial charge in [0.15, 0.2) is 22.8 Å². The minimum absolute atomic E-state index is 0.226. The quantitative estimate of drug-likeness (QED) is 0.457. The summed E-state index contributed by atoms with van der Waals surface area (Å²) in [5.41, 5.74) is -6.39. The van der Waals surface area contributed by atoms with E-state index in [9.17, 15) is 34.2 Å². The molecule has 0 aromatic heterocycles. The lowest BCUT2D eigenvalue weighted by Crippen LogP contribution is -2.74. The number of fused-ring (bicyclic) bond motifs is 5. The van der Waals surface area contributed by atoms with E-state index in [-0.39, 0.29) is 18.6 Å². The van der Waals surface area contributed by atoms with E-state index in [1.54, 1.807) is 20.8 Å². The Hall–Kier alpha value is -1.22. The highest BCUT2D eigenvalue weighted by atomic mass is 31.2. The van der Waals surface area contributed by atoms with Crippen molar-refractivity contribution in [3.05, 3.63) is 23.8 Å². The van der Waals surface area contributed by atoms with Gasteiger partial charge in [0, 0.05) is 22.7 Å². The first kappa shape index (κ1) is 23.9. The van der Waals surface area contributed by atoms with Crippen LogP contribution in [0.4, 0.5) is 4.39 Å². The summed E-state index contributed by atoms with van der Waals surface area (Å²) in [7, 11) is -4.99. The van der Waals surface area contributed by atoms with Crippen LogP contribution in [0.25, 0.3) is 0 Å². The van der Waals surface area contributed by atoms with E-state index in [0.717, 1.165) is 0 Å². The summed E-state index contributed by atoms with van der Waals surface area (Å²) in [6.07, 6.45) is 3.39. The number of phosphoric ester groups is 1. The average molecular weight is 472 g/mol. The second-order valence-corrected chi connectivity index (χ2v) is 11.6. The third kappa shape index (κ3) is 3.02. The van der Waals surface area contributed by atoms with Gasteiger partial charge < -0.3 is 20.0 Å². The van der Waals surface area contributed by atoms with E-state index < -0.39 is 66.2 Å². The van der Waals surface area contributed by atoms with Gasteiger partial charge in [-0.3, -0.25) is 14.1 Å². The van der Waals surface area contributed by atoms with Gasteiger partial charge in [-0.1, -0.05) is 25.5 Å². The van der Waals surface area contributed by atoms with Crippen LogP contribution in [-0.4, -0.2) is 55.5 Å². The second kappa shape index (κ2) is 7.14. The van der Waals surface area contributed by atoms with Crippen molar-refractivity contribution >= 4 is 19.4 Å². The molecule has 3 saturated carbocycles. The molecule has 0 amide bonds. The first-order valence-electron chi connectivity index (χ1n) is 10.9. The van der Waals surface area contributed by atoms with Gasteiger partial charge in [0.2, 0.25) is 0 Å². The van der Waals surface area contributed by atoms with E-state index in [0.29, 0.717) is 18.4 Å². The molecule has 0 bridgehead atoms. The second-order valence-electron chi connectivity index (χ2n) is 10.4. The third-order valence-electron chi connectivity index (χ3n) is 8.88. The van der Waals surface area contributed by atoms with E-state index in [2.05, 4.69) is 4.52 Å². The van der Waals surface area contributed by atoms with Crippen molar-refractivity contribution in [2.45, 2.75) is 63.8 Å². The van der Waals surface area contributed by atoms with Gasteiger partial charge >= 0.3 is 7.82 Å². The van der Waals surface area contributed by atoms with Gasteiger partial charge in [0.05, 0.1) is 12.7 Å². The molecular weight excluding hydrogens is 442 g/mol. The zero-order chi connectivity index (χ0) is 23.9. The number of halogens is 1. The van der Waals surface area contributed by atoms with Crippen LogP contribution in [0.2, 0.25) is 0 Å². The van der Waals surface area contributed by atoms with E-state index in [1.807, 2.05) is 0 Å². The van der Waals surface area contributed by atoms with Crippen LogP contribution in [0, 0.1) is 28.6 Å². The summed E-state index contributed by atoms with van der Waals surface area (Å²) >= 11 is 0. The minimum atomic E-state index is -4.99. The zero-order valence-electron chi connectivity index (χ0n) is 18.3. The number of alkyl halides is 1. The number of ketones is 2. The molecule has 0 aromatic carbocycles. The number of aliphatic hydroxyl groups is 2. The van der Waals surface area contributed by atoms with Crippen LogP contribution in [-0.2, 0) is 18.7 Å². The summed E-state index contributed by atoms with van der Waals surface area (Å²) in [6.45, 7) is 3.90. The Morgan fingerprint density at radius 2 is 1.91 bits per heavy atom. The van der Waals surface area contributed by atoms with Crippen molar-refractivity contribution in [3.8, 4) is 0 Å². The molecule has 32 heavy (non-hydrogen) atoms. The smallest absolute Gasteiger partial charge is 0.390 e. The lowest BCUT2D eigenvalue weighted by atomic mass is 9.40. The van der Waals surface area contributed by atoms with Crippen molar-refractivity contribution in [2.75, 3.05) is 6.61 Å². The molecule has 4 aliphatic rings. The van der Waals surface area contributed by atoms with Crippen LogP contribution in [0.1, 0.15) is 46.5 Å². The number of hydrogen-bond acceptors (Lipinski definition) is 6. The summed E-state index contributed by atoms with van der Waals surface area (Å²) in [5, 5.41) is 22.7. The molecule has 8 atom stereocenters. The SMILES string of the molecule is C[C@@H]1C[C@H]2[C@@H]3CCC4=CC(=O)C=C[C@]4(C)[C@@]3(F)[C@@H](O)C[C@]2(C)[C@@](O)(COP(=O)(O)O)C1=O. The van der Waals surface area contributed by atoms with Gasteiger partial charge in [0.1, 0.15) is 0 Å². The van der Waals surface area contributed by atoms with Crippen molar-refractivity contribution in [1.82, 2.24) is 0 Å². The molecule has 0 aromatic rings. The number of hydrogen-bond donors (Lipinski definition) is 4. The number of carbonyl (C=O) groups is 2. The van der Waals surface area contributed by atoms with Crippen LogP contribution < -0.4 is 0 Å². The summed E-state index contributed by atoms with van der Waals surface area (Å²) in [6, 6.07) is 0. The van der Waals surface area contributed by atoms with Crippen LogP contribution >= 0.6 is 7.82 Å². The molecule has 3 fully saturated rings. The zero-order valence-corrected chi connectivity index (χ0v) is 19.2. The van der Waals surface area contributed by atoms with Crippen LogP contribution in [0.3, 0.4) is 0 Å². The van der Waals surface area contributed by atoms with Gasteiger partial charge in [0.25, 0.3) is 0 Å². The van der Waals surface area contributed by atoms with Crippen molar-refractivity contribution in [3.63, 3.8) is 0 Å². The lowest BCUT2D eigenvalue weighted by Gasteiger charge is -2.66. The van der Waals surface area contributed by atoms with Crippen molar-refractivity contribution in [1.29, 1.82) is 0 Å². The highest BCUT2D eigenvalue weighted by Gasteiger charge is 2.74. The normalized spacial score (nSPS) is 48.6. The van der Waals surface area contributed by atoms with Crippen molar-refractivity contribution in [2.24, 2.45) is 28.6 Å². The molecule has 178 valence electrons. The Morgan fingerprint density at radius 1 is 1.25 bits per heavy atom. The summed E-state index contributed by atoms with van der Waals surface area (Å²) in [4.78, 5) is 43.3. The number of phosphoric acid groups is 1. The van der Waals surface area contributed by atoms with Crippen LogP contribution in [0.15, 0.2) is 23.8 Å². The monoisotopic (exact) mass is 472 g/mol. The summed E-state index contributed by atoms with van der Waals surface area (Å²) < 4.78 is 33.0. The molecule has 0 aliphatic heterocycles. The third-order valence-corrected chi connectivity index (χ3v) is 9.35. The van der Waals surface area contributed by atoms with E-state index in [1.165, 1.54) is 18.2 Å². The van der Waals surface area contributed by atoms with Crippen LogP contribution in [0.5, 0.6) is 0 Å². The fourth-order valence-electron chi connectivity index (χ4n) is 7.06. The van der Waals surface area contributed by atoms with E-state index in [4.69, 9.17) is 0 Å². The molecule has 0 heterocycles. The maximum atomic E-state index is 17.1. The molecule has 4 rings (SSSR count). The van der Waals surface area contributed by atoms with Gasteiger partial charge in [-0.15, -0.1) is 0 Å². The summed E-state index contributed by atoms with van der Waals surface area (Å²) in [5.74, 6) is -2.84. The molecule has 0 unspecified atom stereocenters. The first-order chi connectivity index (χ1) is 14.6. The topological polar surface area (TPSA) is 141 Å². The maximum absolute atomic E-state index is 17.1. The maximum Gasteiger partial charge on any atom is 0.469 e. The molecule has 0 spiro atoms. The molecule has 0 radical (unpaired) electrons. The predicted octanol–water partition coefficient (Wildman–Crippen LogP) is 2.01. The largest absolute Gasteiger partial charge is 0.469 e. The average Bonchev–Trinajstić information content (AvgIpc) is 2.69. The number of carbonyl (C=O) groups excluding carboxylic acids is 2. The Balaban J connectivity index is 1.81. The molecule has 4 N–H and O–H groups in total. The fourth-order valence-corrected chi connectivity index (χ4v) is 7.42. The molecule has 10 heteroatoms. The highest BCUT2D eigenvalue weighted by molar-refractivity contribution is 7.46. The first-order valence-corrected chi connectivity index (χ1v) is 12.4. The Morgan fingerprint density at radius 3 is 2.53 bits per heavy atom. The standard InChI is InChI=1S/C22H30FO8P/c1-12-8-16-15-5-4-13-9-14(24)6-7-19(13,2)22(15,23)17(25)10-20(16,3)21(27,18(12)26)11-31-32(28,29)30/h6-7,9,12,15-17,25,27H,4-5,8,10-11H2,1-3H3,(H2,28,29,30)/t12-,15+,16+,17+,19+,20+,21-,22+/m1/s1. The van der Waals surface area contributed by atoms with E-state index >= 15 is 4.39 Å². The Kier molecular flexibility index (Phi) is 5.34. The van der Waals surface area contributed by atoms with Gasteiger partial charge in [-0.05, 0) is 50.7 Å². The van der Waals surface area contributed by atoms with Gasteiger partial charge in [-0.2, -0.15) is 0 Å². The van der Waals surface area contributed by atoms with Gasteiger partial charge in [-0.25, -0.2) is 8.96 Å². The number of rotatable bonds is 3. The molecule has 8 nitrogen and oxygen atoms in total. The Bertz CT molecular complexity index is 973. The highest BCUT2D eigenvalue weighted by Crippen LogP contribution is 2.68. The predicted molar refractivity (Wildman–Crippen MR) is 111 cm³/mol. The number of Topliss-reactive ketones (excluding diaryl/α,β-unsaturated/α-hetero) is 1. The Labute approximate surface area is 185 Å². The lowest BCUT2D eigenvalue weighted by molar-refractivity contribution is -0.254. The number of allylic oxidation sites excluding steroid dienone is 4. The molecular formula is C22H30FO8P. The fraction of sp³-hybridized carbons (Fsp3) is 0.727. The molecule has 0 saturated heterocycles. The minimum Gasteiger partial charge on any atom is -0.390 e. The molecule has 4 aliphatic carbocycles.